The van der Waals surface area contributed by atoms with E-state index in [2.05, 4.69) is 11.1 Å². The zero-order valence-electron chi connectivity index (χ0n) is 15.3. The summed E-state index contributed by atoms with van der Waals surface area (Å²) in [5.41, 5.74) is 2.08. The first-order chi connectivity index (χ1) is 13.9. The number of nitro benzene ring substituents is 1. The number of ketones is 1. The molecule has 3 aromatic rings. The number of carbonyl (C=O) groups excluding carboxylic acids is 2. The van der Waals surface area contributed by atoms with Crippen molar-refractivity contribution in [2.45, 2.75) is 12.5 Å². The highest BCUT2D eigenvalue weighted by Crippen LogP contribution is 2.21. The summed E-state index contributed by atoms with van der Waals surface area (Å²) in [5, 5.41) is 10.5. The van der Waals surface area contributed by atoms with E-state index in [-0.39, 0.29) is 17.0 Å². The predicted octanol–water partition coefficient (Wildman–Crippen LogP) is 4.50. The van der Waals surface area contributed by atoms with Gasteiger partial charge in [-0.15, -0.1) is 11.3 Å². The van der Waals surface area contributed by atoms with E-state index < -0.39 is 16.5 Å². The number of non-ortho nitro benzene ring substituents is 1. The van der Waals surface area contributed by atoms with Crippen LogP contribution in [0, 0.1) is 10.1 Å². The van der Waals surface area contributed by atoms with Gasteiger partial charge in [0, 0.05) is 12.1 Å². The van der Waals surface area contributed by atoms with Crippen molar-refractivity contribution in [2.75, 3.05) is 0 Å². The van der Waals surface area contributed by atoms with E-state index in [0.29, 0.717) is 0 Å². The second-order valence-corrected chi connectivity index (χ2v) is 7.15. The average molecular weight is 408 g/mol. The van der Waals surface area contributed by atoms with Gasteiger partial charge in [-0.25, -0.2) is 9.78 Å². The zero-order valence-corrected chi connectivity index (χ0v) is 16.2. The number of hydrogen-bond donors (Lipinski definition) is 0. The number of allylic oxidation sites excluding steroid dienone is 2. The predicted molar refractivity (Wildman–Crippen MR) is 110 cm³/mol. The number of aromatic nitrogens is 1. The van der Waals surface area contributed by atoms with Crippen molar-refractivity contribution >= 4 is 39.0 Å². The largest absolute Gasteiger partial charge is 0.447 e. The van der Waals surface area contributed by atoms with Gasteiger partial charge in [0.15, 0.2) is 5.78 Å². The van der Waals surface area contributed by atoms with Gasteiger partial charge in [-0.05, 0) is 55.5 Å². The molecule has 0 saturated carbocycles. The molecule has 4 rings (SSSR count). The lowest BCUT2D eigenvalue weighted by Crippen LogP contribution is -2.29. The normalized spacial score (nSPS) is 14.2. The molecule has 0 aliphatic heterocycles. The summed E-state index contributed by atoms with van der Waals surface area (Å²) in [6, 6.07) is 13.2. The van der Waals surface area contributed by atoms with Gasteiger partial charge < -0.3 is 4.74 Å². The van der Waals surface area contributed by atoms with Crippen LogP contribution >= 0.6 is 11.3 Å². The summed E-state index contributed by atoms with van der Waals surface area (Å²) >= 11 is 1.68. The molecule has 0 atom stereocenters. The van der Waals surface area contributed by atoms with E-state index in [1.54, 1.807) is 18.3 Å². The summed E-state index contributed by atoms with van der Waals surface area (Å²) in [6.07, 6.45) is 5.61. The summed E-state index contributed by atoms with van der Waals surface area (Å²) in [7, 11) is 0. The number of ether oxygens (including phenoxy) is 1. The SMILES string of the molecule is CC1(OC(=O)c2ccc([N+](=O)[O-])cc2)C=CC(=O)C=C1.c1ccc2scnc2c1. The number of nitrogens with zero attached hydrogens (tertiary/aromatic N) is 2. The average Bonchev–Trinajstić information content (AvgIpc) is 3.20. The van der Waals surface area contributed by atoms with Gasteiger partial charge in [-0.1, -0.05) is 12.1 Å². The van der Waals surface area contributed by atoms with Crippen molar-refractivity contribution in [3.63, 3.8) is 0 Å². The van der Waals surface area contributed by atoms with Crippen LogP contribution in [0.5, 0.6) is 0 Å². The molecular weight excluding hydrogens is 392 g/mol. The molecule has 0 radical (unpaired) electrons. The highest BCUT2D eigenvalue weighted by atomic mass is 32.1. The molecule has 1 aliphatic rings. The Kier molecular flexibility index (Phi) is 5.94. The molecule has 146 valence electrons. The molecule has 1 heterocycles. The van der Waals surface area contributed by atoms with Crippen molar-refractivity contribution in [1.29, 1.82) is 0 Å². The van der Waals surface area contributed by atoms with Crippen LogP contribution in [0.4, 0.5) is 5.69 Å². The lowest BCUT2D eigenvalue weighted by molar-refractivity contribution is -0.384. The van der Waals surface area contributed by atoms with E-state index in [4.69, 9.17) is 4.74 Å². The van der Waals surface area contributed by atoms with Crippen molar-refractivity contribution in [3.8, 4) is 0 Å². The highest BCUT2D eigenvalue weighted by molar-refractivity contribution is 7.16. The second kappa shape index (κ2) is 8.57. The van der Waals surface area contributed by atoms with Crippen LogP contribution in [0.3, 0.4) is 0 Å². The highest BCUT2D eigenvalue weighted by Gasteiger charge is 2.26. The fraction of sp³-hybridized carbons (Fsp3) is 0.0952. The number of carbonyl (C=O) groups is 2. The van der Waals surface area contributed by atoms with Crippen LogP contribution in [0.15, 0.2) is 78.3 Å². The van der Waals surface area contributed by atoms with Gasteiger partial charge in [0.05, 0.1) is 26.2 Å². The molecule has 1 aromatic heterocycles. The van der Waals surface area contributed by atoms with Gasteiger partial charge in [-0.2, -0.15) is 0 Å². The molecule has 1 aliphatic carbocycles. The van der Waals surface area contributed by atoms with Gasteiger partial charge in [0.1, 0.15) is 5.60 Å². The Morgan fingerprint density at radius 1 is 1.10 bits per heavy atom. The molecule has 0 fully saturated rings. The van der Waals surface area contributed by atoms with Crippen LogP contribution in [0.1, 0.15) is 17.3 Å². The van der Waals surface area contributed by atoms with E-state index in [1.165, 1.54) is 53.3 Å². The van der Waals surface area contributed by atoms with E-state index in [0.717, 1.165) is 5.52 Å². The third-order valence-electron chi connectivity index (χ3n) is 4.02. The molecule has 0 saturated heterocycles. The van der Waals surface area contributed by atoms with E-state index in [1.807, 2.05) is 23.7 Å². The molecule has 0 bridgehead atoms. The van der Waals surface area contributed by atoms with Crippen molar-refractivity contribution in [1.82, 2.24) is 4.98 Å². The standard InChI is InChI=1S/C14H11NO5.C7H5NS/c1-14(8-6-12(16)7-9-14)20-13(17)10-2-4-11(5-3-10)15(18)19;1-2-4-7-6(3-1)8-5-9-7/h2-9H,1H3;1-5H. The lowest BCUT2D eigenvalue weighted by Gasteiger charge is -2.24. The molecular formula is C21H16N2O5S. The van der Waals surface area contributed by atoms with Crippen molar-refractivity contribution in [3.05, 3.63) is 94.0 Å². The third kappa shape index (κ3) is 5.20. The number of esters is 1. The van der Waals surface area contributed by atoms with Gasteiger partial charge in [0.2, 0.25) is 0 Å². The molecule has 0 spiro atoms. The first kappa shape index (κ1) is 20.1. The zero-order chi connectivity index (χ0) is 20.9. The van der Waals surface area contributed by atoms with Crippen LogP contribution in [-0.2, 0) is 9.53 Å². The number of hydrogen-bond acceptors (Lipinski definition) is 7. The Morgan fingerprint density at radius 2 is 1.76 bits per heavy atom. The maximum absolute atomic E-state index is 11.9. The third-order valence-corrected chi connectivity index (χ3v) is 4.83. The number of para-hydroxylation sites is 1. The van der Waals surface area contributed by atoms with E-state index >= 15 is 0 Å². The van der Waals surface area contributed by atoms with Gasteiger partial charge in [-0.3, -0.25) is 14.9 Å². The van der Waals surface area contributed by atoms with Crippen molar-refractivity contribution < 1.29 is 19.2 Å². The van der Waals surface area contributed by atoms with Crippen molar-refractivity contribution in [2.24, 2.45) is 0 Å². The molecule has 0 unspecified atom stereocenters. The topological polar surface area (TPSA) is 99.4 Å². The van der Waals surface area contributed by atoms with Crippen LogP contribution in [0.25, 0.3) is 10.2 Å². The minimum atomic E-state index is -0.993. The fourth-order valence-electron chi connectivity index (χ4n) is 2.46. The summed E-state index contributed by atoms with van der Waals surface area (Å²) in [6.45, 7) is 1.63. The molecule has 29 heavy (non-hydrogen) atoms. The molecule has 2 aromatic carbocycles. The lowest BCUT2D eigenvalue weighted by atomic mass is 9.99. The molecule has 0 N–H and O–H groups in total. The first-order valence-corrected chi connectivity index (χ1v) is 9.43. The Morgan fingerprint density at radius 3 is 2.38 bits per heavy atom. The quantitative estimate of drug-likeness (QED) is 0.359. The van der Waals surface area contributed by atoms with Crippen LogP contribution in [-0.4, -0.2) is 27.3 Å². The molecule has 7 nitrogen and oxygen atoms in total. The molecule has 0 amide bonds. The Labute approximate surface area is 170 Å². The Balaban J connectivity index is 0.000000220. The van der Waals surface area contributed by atoms with E-state index in [9.17, 15) is 19.7 Å². The first-order valence-electron chi connectivity index (χ1n) is 8.55. The number of rotatable bonds is 3. The van der Waals surface area contributed by atoms with Crippen LogP contribution in [0.2, 0.25) is 0 Å². The second-order valence-electron chi connectivity index (χ2n) is 6.27. The fourth-order valence-corrected chi connectivity index (χ4v) is 3.13. The monoisotopic (exact) mass is 408 g/mol. The van der Waals surface area contributed by atoms with Crippen LogP contribution < -0.4 is 0 Å². The maximum Gasteiger partial charge on any atom is 0.339 e. The number of fused-ring (bicyclic) bond motifs is 1. The number of thiazole rings is 1. The summed E-state index contributed by atoms with van der Waals surface area (Å²) in [4.78, 5) is 37.1. The smallest absolute Gasteiger partial charge is 0.339 e. The molecule has 8 heteroatoms. The number of benzene rings is 2. The van der Waals surface area contributed by atoms with Gasteiger partial charge in [0.25, 0.3) is 5.69 Å². The minimum absolute atomic E-state index is 0.101. The summed E-state index contributed by atoms with van der Waals surface area (Å²) < 4.78 is 6.54. The Hall–Kier alpha value is -3.65. The minimum Gasteiger partial charge on any atom is -0.447 e. The van der Waals surface area contributed by atoms with Gasteiger partial charge >= 0.3 is 5.97 Å². The maximum atomic E-state index is 11.9. The Bertz CT molecular complexity index is 1070. The number of nitro groups is 1. The summed E-state index contributed by atoms with van der Waals surface area (Å²) in [5.74, 6) is -0.792.